The molecule has 1 saturated carbocycles. The lowest BCUT2D eigenvalue weighted by molar-refractivity contribution is 0.0928. The molecule has 2 atom stereocenters. The van der Waals surface area contributed by atoms with Gasteiger partial charge in [-0.15, -0.1) is 0 Å². The summed E-state index contributed by atoms with van der Waals surface area (Å²) in [5, 5.41) is 9.53. The molecule has 2 aromatic heterocycles. The van der Waals surface area contributed by atoms with E-state index in [1.165, 1.54) is 6.39 Å². The van der Waals surface area contributed by atoms with Crippen molar-refractivity contribution in [3.8, 4) is 0 Å². The summed E-state index contributed by atoms with van der Waals surface area (Å²) in [5.74, 6) is 0.577. The number of hydrogen-bond donors (Lipinski definition) is 2. The van der Waals surface area contributed by atoms with Gasteiger partial charge in [0.25, 0.3) is 11.8 Å². The van der Waals surface area contributed by atoms with E-state index in [0.29, 0.717) is 23.6 Å². The third-order valence-corrected chi connectivity index (χ3v) is 3.92. The van der Waals surface area contributed by atoms with Crippen molar-refractivity contribution in [2.75, 3.05) is 0 Å². The Morgan fingerprint density at radius 3 is 2.43 bits per heavy atom. The minimum absolute atomic E-state index is 0.00273. The second kappa shape index (κ2) is 6.23. The fourth-order valence-electron chi connectivity index (χ4n) is 2.75. The lowest BCUT2D eigenvalue weighted by Crippen LogP contribution is -2.37. The van der Waals surface area contributed by atoms with Crippen LogP contribution in [-0.4, -0.2) is 34.0 Å². The van der Waals surface area contributed by atoms with Crippen molar-refractivity contribution in [3.63, 3.8) is 0 Å². The second-order valence-corrected chi connectivity index (χ2v) is 5.73. The molecule has 2 amide bonds. The van der Waals surface area contributed by atoms with Crippen LogP contribution < -0.4 is 10.6 Å². The van der Waals surface area contributed by atoms with Gasteiger partial charge in [0.1, 0.15) is 11.5 Å². The minimum atomic E-state index is -0.258. The first-order valence-electron chi connectivity index (χ1n) is 7.48. The average Bonchev–Trinajstić information content (AvgIpc) is 3.21. The number of nitrogens with one attached hydrogen (secondary N) is 2. The van der Waals surface area contributed by atoms with Gasteiger partial charge in [0.2, 0.25) is 0 Å². The van der Waals surface area contributed by atoms with Crippen molar-refractivity contribution in [1.29, 1.82) is 0 Å². The number of aromatic nitrogens is 2. The van der Waals surface area contributed by atoms with E-state index < -0.39 is 0 Å². The van der Waals surface area contributed by atoms with Crippen molar-refractivity contribution in [1.82, 2.24) is 20.8 Å². The molecule has 0 bridgehead atoms. The molecule has 2 aromatic rings. The van der Waals surface area contributed by atoms with Gasteiger partial charge >= 0.3 is 0 Å². The van der Waals surface area contributed by atoms with Gasteiger partial charge in [0.15, 0.2) is 17.8 Å². The van der Waals surface area contributed by atoms with Gasteiger partial charge in [-0.1, -0.05) is 5.16 Å². The van der Waals surface area contributed by atoms with E-state index >= 15 is 0 Å². The van der Waals surface area contributed by atoms with Crippen LogP contribution in [0.15, 0.2) is 21.4 Å². The smallest absolute Gasteiger partial charge is 0.273 e. The largest absolute Gasteiger partial charge is 0.448 e. The van der Waals surface area contributed by atoms with Crippen molar-refractivity contribution < 1.29 is 18.5 Å². The molecule has 23 heavy (non-hydrogen) atoms. The van der Waals surface area contributed by atoms with Crippen LogP contribution >= 0.6 is 0 Å². The number of aryl methyl sites for hydroxylation is 2. The Morgan fingerprint density at radius 1 is 1.17 bits per heavy atom. The van der Waals surface area contributed by atoms with Crippen LogP contribution in [0.25, 0.3) is 0 Å². The van der Waals surface area contributed by atoms with E-state index in [-0.39, 0.29) is 29.6 Å². The predicted octanol–water partition coefficient (Wildman–Crippen LogP) is 1.36. The van der Waals surface area contributed by atoms with Crippen molar-refractivity contribution in [2.45, 2.75) is 45.2 Å². The lowest BCUT2D eigenvalue weighted by atomic mass is 10.2. The van der Waals surface area contributed by atoms with E-state index in [4.69, 9.17) is 8.94 Å². The first-order valence-corrected chi connectivity index (χ1v) is 7.48. The molecule has 1 aliphatic rings. The molecule has 1 aliphatic carbocycles. The van der Waals surface area contributed by atoms with E-state index in [1.54, 1.807) is 19.9 Å². The highest BCUT2D eigenvalue weighted by Gasteiger charge is 2.29. The average molecular weight is 318 g/mol. The molecule has 2 heterocycles. The summed E-state index contributed by atoms with van der Waals surface area (Å²) < 4.78 is 9.92. The molecule has 1 fully saturated rings. The van der Waals surface area contributed by atoms with Gasteiger partial charge in [0, 0.05) is 18.2 Å². The summed E-state index contributed by atoms with van der Waals surface area (Å²) in [6.45, 7) is 3.43. The lowest BCUT2D eigenvalue weighted by Gasteiger charge is -2.13. The number of hydrogen-bond acceptors (Lipinski definition) is 6. The summed E-state index contributed by atoms with van der Waals surface area (Å²) in [4.78, 5) is 28.0. The SMILES string of the molecule is Cc1cc(C(=O)N[C@@H]2CC[C@H](NC(=O)c3ncoc3C)C2)no1. The van der Waals surface area contributed by atoms with Crippen LogP contribution in [0.3, 0.4) is 0 Å². The maximum Gasteiger partial charge on any atom is 0.273 e. The van der Waals surface area contributed by atoms with E-state index in [1.807, 2.05) is 0 Å². The first kappa shape index (κ1) is 15.3. The number of oxazole rings is 1. The third-order valence-electron chi connectivity index (χ3n) is 3.92. The summed E-state index contributed by atoms with van der Waals surface area (Å²) >= 11 is 0. The number of carbonyl (C=O) groups excluding carboxylic acids is 2. The number of nitrogens with zero attached hydrogens (tertiary/aromatic N) is 2. The van der Waals surface area contributed by atoms with Crippen LogP contribution in [0, 0.1) is 13.8 Å². The van der Waals surface area contributed by atoms with Gasteiger partial charge in [-0.05, 0) is 33.1 Å². The molecule has 0 spiro atoms. The highest BCUT2D eigenvalue weighted by Crippen LogP contribution is 2.20. The summed E-state index contributed by atoms with van der Waals surface area (Å²) in [7, 11) is 0. The highest BCUT2D eigenvalue weighted by atomic mass is 16.5. The molecule has 0 radical (unpaired) electrons. The molecule has 2 N–H and O–H groups in total. The Kier molecular flexibility index (Phi) is 4.14. The standard InChI is InChI=1S/C15H18N4O4/c1-8-5-12(19-23-8)14(20)17-10-3-4-11(6-10)18-15(21)13-9(2)22-7-16-13/h5,7,10-11H,3-4,6H2,1-2H3,(H,17,20)(H,18,21)/t10-,11+/m1/s1. The molecule has 0 unspecified atom stereocenters. The Balaban J connectivity index is 1.51. The second-order valence-electron chi connectivity index (χ2n) is 5.73. The van der Waals surface area contributed by atoms with Gasteiger partial charge in [-0.25, -0.2) is 4.98 Å². The summed E-state index contributed by atoms with van der Waals surface area (Å²) in [6.07, 6.45) is 3.52. The number of carbonyl (C=O) groups is 2. The fraction of sp³-hybridized carbons (Fsp3) is 0.467. The molecule has 0 saturated heterocycles. The van der Waals surface area contributed by atoms with Crippen LogP contribution in [0.1, 0.15) is 51.8 Å². The topological polar surface area (TPSA) is 110 Å². The van der Waals surface area contributed by atoms with Crippen molar-refractivity contribution in [2.24, 2.45) is 0 Å². The molecule has 122 valence electrons. The van der Waals surface area contributed by atoms with E-state index in [2.05, 4.69) is 20.8 Å². The first-order chi connectivity index (χ1) is 11.0. The highest BCUT2D eigenvalue weighted by molar-refractivity contribution is 5.93. The maximum atomic E-state index is 12.1. The van der Waals surface area contributed by atoms with Crippen molar-refractivity contribution >= 4 is 11.8 Å². The van der Waals surface area contributed by atoms with Crippen LogP contribution in [0.2, 0.25) is 0 Å². The maximum absolute atomic E-state index is 12.1. The zero-order valence-electron chi connectivity index (χ0n) is 13.0. The van der Waals surface area contributed by atoms with Crippen LogP contribution in [0.4, 0.5) is 0 Å². The van der Waals surface area contributed by atoms with Crippen LogP contribution in [-0.2, 0) is 0 Å². The fourth-order valence-corrected chi connectivity index (χ4v) is 2.75. The monoisotopic (exact) mass is 318 g/mol. The number of amides is 2. The molecule has 8 heteroatoms. The molecule has 8 nitrogen and oxygen atoms in total. The van der Waals surface area contributed by atoms with Gasteiger partial charge in [0.05, 0.1) is 0 Å². The molecule has 0 aromatic carbocycles. The van der Waals surface area contributed by atoms with Gasteiger partial charge < -0.3 is 19.6 Å². The number of rotatable bonds is 4. The van der Waals surface area contributed by atoms with Gasteiger partial charge in [-0.3, -0.25) is 9.59 Å². The zero-order valence-corrected chi connectivity index (χ0v) is 13.0. The van der Waals surface area contributed by atoms with E-state index in [9.17, 15) is 9.59 Å². The molecule has 0 aliphatic heterocycles. The normalized spacial score (nSPS) is 20.4. The summed E-state index contributed by atoms with van der Waals surface area (Å²) in [6, 6.07) is 1.60. The van der Waals surface area contributed by atoms with Crippen molar-refractivity contribution in [3.05, 3.63) is 35.4 Å². The van der Waals surface area contributed by atoms with E-state index in [0.717, 1.165) is 12.8 Å². The van der Waals surface area contributed by atoms with Gasteiger partial charge in [-0.2, -0.15) is 0 Å². The zero-order chi connectivity index (χ0) is 16.4. The molecule has 3 rings (SSSR count). The quantitative estimate of drug-likeness (QED) is 0.880. The Bertz CT molecular complexity index is 721. The minimum Gasteiger partial charge on any atom is -0.448 e. The molecular formula is C15H18N4O4. The Morgan fingerprint density at radius 2 is 1.87 bits per heavy atom. The molecular weight excluding hydrogens is 300 g/mol. The summed E-state index contributed by atoms with van der Waals surface area (Å²) in [5.41, 5.74) is 0.573. The Labute approximate surface area is 132 Å². The predicted molar refractivity (Wildman–Crippen MR) is 78.8 cm³/mol. The van der Waals surface area contributed by atoms with Crippen LogP contribution in [0.5, 0.6) is 0 Å². The Hall–Kier alpha value is -2.64. The third kappa shape index (κ3) is 3.41.